The van der Waals surface area contributed by atoms with Crippen molar-refractivity contribution in [3.05, 3.63) is 106 Å². The van der Waals surface area contributed by atoms with Crippen LogP contribution in [0, 0.1) is 0 Å². The Balaban J connectivity index is 1.54. The van der Waals surface area contributed by atoms with Gasteiger partial charge in [-0.3, -0.25) is 0 Å². The first-order valence-electron chi connectivity index (χ1n) is 14.9. The van der Waals surface area contributed by atoms with Crippen molar-refractivity contribution in [3.63, 3.8) is 0 Å². The molecule has 4 heteroatoms. The summed E-state index contributed by atoms with van der Waals surface area (Å²) in [6.45, 7) is 15.9. The molecule has 3 aliphatic rings. The minimum atomic E-state index is -0.00745. The van der Waals surface area contributed by atoms with Gasteiger partial charge >= 0.3 is 0 Å². The minimum Gasteiger partial charge on any atom is -0.344 e. The van der Waals surface area contributed by atoms with Gasteiger partial charge in [-0.15, -0.1) is 11.8 Å². The molecule has 40 heavy (non-hydrogen) atoms. The van der Waals surface area contributed by atoms with Gasteiger partial charge in [-0.2, -0.15) is 17.2 Å². The molecule has 210 valence electrons. The molecule has 2 aliphatic heterocycles. The van der Waals surface area contributed by atoms with E-state index in [1.807, 2.05) is 11.8 Å². The average Bonchev–Trinajstić information content (AvgIpc) is 3.32. The van der Waals surface area contributed by atoms with Gasteiger partial charge in [-0.25, -0.2) is 0 Å². The molecule has 0 bridgehead atoms. The van der Waals surface area contributed by atoms with E-state index >= 15 is 0 Å². The standard InChI is InChI=1S/C36H44N2S2/c1-7-37-30-18-11-9-16-28(30)35(3,4)32(37)22-20-26-14-13-15-27(34(26)40-25-24-39)21-23-33-36(5,6)29-17-10-12-19-31(29)38(33)8-2/h9-12,16-23H,7-8,13-15,24-25H2,1-6H3/p+1. The molecule has 0 spiro atoms. The second-order valence-electron chi connectivity index (χ2n) is 12.0. The fraction of sp³-hybridized carbons (Fsp3) is 0.417. The van der Waals surface area contributed by atoms with E-state index in [-0.39, 0.29) is 10.8 Å². The zero-order chi connectivity index (χ0) is 28.5. The zero-order valence-electron chi connectivity index (χ0n) is 25.1. The Hall–Kier alpha value is -2.43. The Morgan fingerprint density at radius 2 is 1.62 bits per heavy atom. The van der Waals surface area contributed by atoms with Gasteiger partial charge in [-0.05, 0) is 81.6 Å². The number of anilines is 1. The van der Waals surface area contributed by atoms with Crippen LogP contribution >= 0.6 is 24.4 Å². The smallest absolute Gasteiger partial charge is 0.209 e. The summed E-state index contributed by atoms with van der Waals surface area (Å²) in [5, 5.41) is 0. The summed E-state index contributed by atoms with van der Waals surface area (Å²) < 4.78 is 2.50. The average molecular weight is 570 g/mol. The number of thioether (sulfide) groups is 1. The van der Waals surface area contributed by atoms with E-state index in [0.29, 0.717) is 0 Å². The molecule has 0 fully saturated rings. The van der Waals surface area contributed by atoms with E-state index in [1.54, 1.807) is 0 Å². The predicted octanol–water partition coefficient (Wildman–Crippen LogP) is 9.37. The third-order valence-corrected chi connectivity index (χ3v) is 10.7. The SMILES string of the molecule is CCN1/C(=C/C=C2\CCCC(/C=C/C3=[N+](CC)c4ccccc4C3(C)C)=C2SCCS)C(C)(C)c2ccccc21. The summed E-state index contributed by atoms with van der Waals surface area (Å²) in [5.74, 6) is 1.91. The largest absolute Gasteiger partial charge is 0.344 e. The highest BCUT2D eigenvalue weighted by molar-refractivity contribution is 8.03. The summed E-state index contributed by atoms with van der Waals surface area (Å²) in [6, 6.07) is 17.8. The van der Waals surface area contributed by atoms with Gasteiger partial charge in [0.05, 0.1) is 5.41 Å². The minimum absolute atomic E-state index is 0.00745. The highest BCUT2D eigenvalue weighted by atomic mass is 32.2. The summed E-state index contributed by atoms with van der Waals surface area (Å²) in [4.78, 5) is 3.96. The van der Waals surface area contributed by atoms with Crippen molar-refractivity contribution in [1.29, 1.82) is 0 Å². The van der Waals surface area contributed by atoms with Crippen molar-refractivity contribution >= 4 is 41.5 Å². The molecule has 1 aliphatic carbocycles. The van der Waals surface area contributed by atoms with Crippen LogP contribution in [0.1, 0.15) is 71.9 Å². The molecule has 2 heterocycles. The summed E-state index contributed by atoms with van der Waals surface area (Å²) in [5.41, 5.74) is 11.3. The van der Waals surface area contributed by atoms with Gasteiger partial charge in [0.15, 0.2) is 5.71 Å². The number of benzene rings is 2. The van der Waals surface area contributed by atoms with Crippen LogP contribution in [0.3, 0.4) is 0 Å². The zero-order valence-corrected chi connectivity index (χ0v) is 26.8. The van der Waals surface area contributed by atoms with Crippen LogP contribution in [-0.2, 0) is 10.8 Å². The van der Waals surface area contributed by atoms with E-state index in [9.17, 15) is 0 Å². The Bertz CT molecular complexity index is 1430. The van der Waals surface area contributed by atoms with Crippen LogP contribution in [0.5, 0.6) is 0 Å². The maximum Gasteiger partial charge on any atom is 0.209 e. The molecule has 2 aromatic rings. The highest BCUT2D eigenvalue weighted by Crippen LogP contribution is 2.48. The first-order valence-corrected chi connectivity index (χ1v) is 16.6. The molecule has 0 saturated carbocycles. The van der Waals surface area contributed by atoms with Crippen molar-refractivity contribution < 1.29 is 4.58 Å². The molecule has 0 N–H and O–H groups in total. The molecule has 2 nitrogen and oxygen atoms in total. The van der Waals surface area contributed by atoms with Crippen LogP contribution in [0.25, 0.3) is 0 Å². The highest BCUT2D eigenvalue weighted by Gasteiger charge is 2.43. The number of nitrogens with zero attached hydrogens (tertiary/aromatic N) is 2. The first-order chi connectivity index (χ1) is 19.2. The van der Waals surface area contributed by atoms with Crippen molar-refractivity contribution in [1.82, 2.24) is 0 Å². The first kappa shape index (κ1) is 29.1. The molecule has 0 saturated heterocycles. The number of rotatable bonds is 8. The Morgan fingerprint density at radius 3 is 2.35 bits per heavy atom. The lowest BCUT2D eigenvalue weighted by molar-refractivity contribution is -0.433. The normalized spacial score (nSPS) is 21.7. The van der Waals surface area contributed by atoms with Crippen molar-refractivity contribution in [2.24, 2.45) is 0 Å². The number of thiol groups is 1. The van der Waals surface area contributed by atoms with E-state index in [4.69, 9.17) is 0 Å². The topological polar surface area (TPSA) is 6.25 Å². The van der Waals surface area contributed by atoms with E-state index < -0.39 is 0 Å². The van der Waals surface area contributed by atoms with Crippen LogP contribution < -0.4 is 4.90 Å². The lowest BCUT2D eigenvalue weighted by atomic mass is 9.81. The van der Waals surface area contributed by atoms with Crippen LogP contribution in [0.2, 0.25) is 0 Å². The molecule has 2 aromatic carbocycles. The second-order valence-corrected chi connectivity index (χ2v) is 13.6. The number of hydrogen-bond donors (Lipinski definition) is 1. The fourth-order valence-corrected chi connectivity index (χ4v) is 8.16. The van der Waals surface area contributed by atoms with Gasteiger partial charge in [0, 0.05) is 51.7 Å². The maximum absolute atomic E-state index is 4.57. The summed E-state index contributed by atoms with van der Waals surface area (Å²) in [6.07, 6.45) is 13.1. The van der Waals surface area contributed by atoms with Gasteiger partial charge in [-0.1, -0.05) is 62.4 Å². The van der Waals surface area contributed by atoms with Crippen molar-refractivity contribution in [2.75, 3.05) is 29.5 Å². The van der Waals surface area contributed by atoms with Crippen molar-refractivity contribution in [2.45, 2.75) is 71.6 Å². The van der Waals surface area contributed by atoms with Crippen LogP contribution in [-0.4, -0.2) is 34.9 Å². The predicted molar refractivity (Wildman–Crippen MR) is 180 cm³/mol. The maximum atomic E-state index is 4.57. The molecule has 0 unspecified atom stereocenters. The third kappa shape index (κ3) is 5.07. The Morgan fingerprint density at radius 1 is 0.900 bits per heavy atom. The number of allylic oxidation sites excluding steroid dienone is 7. The van der Waals surface area contributed by atoms with E-state index in [2.05, 4.69) is 136 Å². The number of likely N-dealkylation sites (N-methyl/N-ethyl adjacent to an activating group) is 1. The molecular weight excluding hydrogens is 525 g/mol. The number of fused-ring (bicyclic) bond motifs is 2. The Labute approximate surface area is 252 Å². The quantitative estimate of drug-likeness (QED) is 0.250. The monoisotopic (exact) mass is 569 g/mol. The van der Waals surface area contributed by atoms with Gasteiger partial charge in [0.1, 0.15) is 6.54 Å². The van der Waals surface area contributed by atoms with Gasteiger partial charge < -0.3 is 4.90 Å². The Kier molecular flexibility index (Phi) is 8.59. The van der Waals surface area contributed by atoms with Gasteiger partial charge in [0.25, 0.3) is 0 Å². The molecule has 0 radical (unpaired) electrons. The summed E-state index contributed by atoms with van der Waals surface area (Å²) >= 11 is 6.55. The third-order valence-electron chi connectivity index (χ3n) is 8.93. The molecule has 0 aromatic heterocycles. The molecule has 0 atom stereocenters. The molecule has 5 rings (SSSR count). The summed E-state index contributed by atoms with van der Waals surface area (Å²) in [7, 11) is 0. The van der Waals surface area contributed by atoms with Crippen molar-refractivity contribution in [3.8, 4) is 0 Å². The van der Waals surface area contributed by atoms with E-state index in [1.165, 1.54) is 56.4 Å². The second kappa shape index (κ2) is 11.8. The van der Waals surface area contributed by atoms with Crippen LogP contribution in [0.15, 0.2) is 94.6 Å². The van der Waals surface area contributed by atoms with Gasteiger partial charge in [0.2, 0.25) is 5.69 Å². The molecule has 0 amide bonds. The van der Waals surface area contributed by atoms with E-state index in [0.717, 1.165) is 37.4 Å². The lowest BCUT2D eigenvalue weighted by Gasteiger charge is -2.26. The molecular formula is C36H45N2S2+. The number of para-hydroxylation sites is 2. The van der Waals surface area contributed by atoms with Crippen LogP contribution in [0.4, 0.5) is 11.4 Å². The lowest BCUT2D eigenvalue weighted by Crippen LogP contribution is -2.27. The number of hydrogen-bond acceptors (Lipinski definition) is 3. The fourth-order valence-electron chi connectivity index (χ4n) is 6.88.